The van der Waals surface area contributed by atoms with Gasteiger partial charge in [-0.2, -0.15) is 0 Å². The smallest absolute Gasteiger partial charge is 0.335 e. The van der Waals surface area contributed by atoms with E-state index in [0.29, 0.717) is 54.1 Å². The zero-order chi connectivity index (χ0) is 24.8. The summed E-state index contributed by atoms with van der Waals surface area (Å²) in [6.07, 6.45) is 3.58. The van der Waals surface area contributed by atoms with Crippen LogP contribution in [-0.4, -0.2) is 44.8 Å². The van der Waals surface area contributed by atoms with Crippen LogP contribution in [-0.2, 0) is 6.54 Å². The molecule has 0 saturated heterocycles. The van der Waals surface area contributed by atoms with E-state index in [1.165, 1.54) is 12.1 Å². The number of nitrogens with one attached hydrogen (secondary N) is 4. The maximum atomic E-state index is 12.8. The van der Waals surface area contributed by atoms with Crippen LogP contribution in [0.25, 0.3) is 10.9 Å². The molecule has 7 N–H and O–H groups in total. The molecule has 2 aromatic heterocycles. The third-order valence-electron chi connectivity index (χ3n) is 5.36. The number of aromatic carboxylic acids is 1. The standard InChI is InChI=1S/C24H30N6O4/c1-14(2)7-9-30-13-17(12-20(30)23(32)27-8-3-4-21(25)26)28-22(31)19-11-16-10-15(24(33)34)5-6-18(16)29-19/h5-6,10-14,29H,3-4,7-9H2,1-2H3,(H3,25,26)(H,27,32)(H,28,31)(H,33,34). The zero-order valence-corrected chi connectivity index (χ0v) is 19.3. The topological polar surface area (TPSA) is 166 Å². The Kier molecular flexibility index (Phi) is 7.72. The van der Waals surface area contributed by atoms with Crippen molar-refractivity contribution in [3.8, 4) is 0 Å². The normalized spacial score (nSPS) is 11.0. The number of hydrogen-bond acceptors (Lipinski definition) is 4. The van der Waals surface area contributed by atoms with Crippen molar-refractivity contribution < 1.29 is 19.5 Å². The number of hydrogen-bond donors (Lipinski definition) is 6. The summed E-state index contributed by atoms with van der Waals surface area (Å²) in [4.78, 5) is 39.8. The van der Waals surface area contributed by atoms with Crippen LogP contribution < -0.4 is 16.4 Å². The molecule has 10 heteroatoms. The zero-order valence-electron chi connectivity index (χ0n) is 19.3. The van der Waals surface area contributed by atoms with E-state index in [-0.39, 0.29) is 23.0 Å². The Bertz CT molecular complexity index is 1220. The maximum absolute atomic E-state index is 12.8. The highest BCUT2D eigenvalue weighted by molar-refractivity contribution is 6.07. The highest BCUT2D eigenvalue weighted by Gasteiger charge is 2.17. The first kappa shape index (κ1) is 24.6. The molecule has 34 heavy (non-hydrogen) atoms. The van der Waals surface area contributed by atoms with E-state index in [9.17, 15) is 14.4 Å². The lowest BCUT2D eigenvalue weighted by Crippen LogP contribution is -2.27. The van der Waals surface area contributed by atoms with Crippen molar-refractivity contribution in [2.45, 2.75) is 39.7 Å². The summed E-state index contributed by atoms with van der Waals surface area (Å²) >= 11 is 0. The van der Waals surface area contributed by atoms with Crippen LogP contribution in [0.4, 0.5) is 5.69 Å². The molecular weight excluding hydrogens is 436 g/mol. The monoisotopic (exact) mass is 466 g/mol. The van der Waals surface area contributed by atoms with Gasteiger partial charge in [0.2, 0.25) is 0 Å². The van der Waals surface area contributed by atoms with E-state index in [4.69, 9.17) is 16.2 Å². The summed E-state index contributed by atoms with van der Waals surface area (Å²) in [5.74, 6) is -1.18. The van der Waals surface area contributed by atoms with Gasteiger partial charge in [-0.15, -0.1) is 0 Å². The van der Waals surface area contributed by atoms with Gasteiger partial charge in [-0.05, 0) is 49.1 Å². The van der Waals surface area contributed by atoms with Gasteiger partial charge in [0.15, 0.2) is 0 Å². The fraction of sp³-hybridized carbons (Fsp3) is 0.333. The van der Waals surface area contributed by atoms with Gasteiger partial charge in [0.1, 0.15) is 11.4 Å². The average Bonchev–Trinajstić information content (AvgIpc) is 3.38. The predicted molar refractivity (Wildman–Crippen MR) is 131 cm³/mol. The van der Waals surface area contributed by atoms with E-state index in [1.807, 2.05) is 4.57 Å². The minimum Gasteiger partial charge on any atom is -0.478 e. The molecule has 3 aromatic rings. The number of carbonyl (C=O) groups is 3. The minimum atomic E-state index is -1.04. The second-order valence-electron chi connectivity index (χ2n) is 8.62. The molecule has 3 rings (SSSR count). The van der Waals surface area contributed by atoms with Crippen molar-refractivity contribution in [1.29, 1.82) is 5.41 Å². The number of carboxylic acids is 1. The molecule has 1 aromatic carbocycles. The summed E-state index contributed by atoms with van der Waals surface area (Å²) in [5, 5.41) is 22.7. The second-order valence-corrected chi connectivity index (χ2v) is 8.62. The number of benzene rings is 1. The summed E-state index contributed by atoms with van der Waals surface area (Å²) in [5.41, 5.74) is 7.33. The van der Waals surface area contributed by atoms with Crippen LogP contribution in [0.2, 0.25) is 0 Å². The Morgan fingerprint density at radius 2 is 1.94 bits per heavy atom. The van der Waals surface area contributed by atoms with Gasteiger partial charge < -0.3 is 31.0 Å². The van der Waals surface area contributed by atoms with Crippen molar-refractivity contribution in [2.24, 2.45) is 11.7 Å². The van der Waals surface area contributed by atoms with Crippen molar-refractivity contribution in [2.75, 3.05) is 11.9 Å². The molecule has 0 spiro atoms. The molecule has 0 unspecified atom stereocenters. The van der Waals surface area contributed by atoms with Gasteiger partial charge in [0.05, 0.1) is 17.1 Å². The number of aromatic nitrogens is 2. The number of nitrogens with zero attached hydrogens (tertiary/aromatic N) is 1. The van der Waals surface area contributed by atoms with Gasteiger partial charge in [0, 0.05) is 36.6 Å². The highest BCUT2D eigenvalue weighted by atomic mass is 16.4. The molecule has 0 saturated carbocycles. The highest BCUT2D eigenvalue weighted by Crippen LogP contribution is 2.20. The number of H-pyrrole nitrogens is 1. The second kappa shape index (κ2) is 10.7. The number of amidine groups is 1. The molecule has 2 amide bonds. The number of carboxylic acid groups (broad SMARTS) is 1. The molecular formula is C24H30N6O4. The number of anilines is 1. The van der Waals surface area contributed by atoms with Crippen molar-refractivity contribution in [1.82, 2.24) is 14.9 Å². The van der Waals surface area contributed by atoms with Crippen LogP contribution in [0.1, 0.15) is 64.4 Å². The van der Waals surface area contributed by atoms with Crippen LogP contribution in [0.3, 0.4) is 0 Å². The molecule has 0 aliphatic heterocycles. The Labute approximate surface area is 197 Å². The Balaban J connectivity index is 1.76. The lowest BCUT2D eigenvalue weighted by molar-refractivity contribution is 0.0696. The molecule has 10 nitrogen and oxygen atoms in total. The first-order valence-corrected chi connectivity index (χ1v) is 11.1. The third kappa shape index (κ3) is 6.25. The van der Waals surface area contributed by atoms with Crippen molar-refractivity contribution in [3.63, 3.8) is 0 Å². The van der Waals surface area contributed by atoms with Crippen LogP contribution in [0.5, 0.6) is 0 Å². The number of amides is 2. The predicted octanol–water partition coefficient (Wildman–Crippen LogP) is 3.41. The molecule has 0 fully saturated rings. The average molecular weight is 467 g/mol. The van der Waals surface area contributed by atoms with Gasteiger partial charge in [0.25, 0.3) is 11.8 Å². The van der Waals surface area contributed by atoms with Crippen LogP contribution >= 0.6 is 0 Å². The van der Waals surface area contributed by atoms with Gasteiger partial charge >= 0.3 is 5.97 Å². The largest absolute Gasteiger partial charge is 0.478 e. The summed E-state index contributed by atoms with van der Waals surface area (Å²) < 4.78 is 1.82. The Morgan fingerprint density at radius 1 is 1.18 bits per heavy atom. The Hall–Kier alpha value is -4.08. The molecule has 0 aliphatic rings. The van der Waals surface area contributed by atoms with Crippen LogP contribution in [0.15, 0.2) is 36.5 Å². The van der Waals surface area contributed by atoms with Gasteiger partial charge in [-0.3, -0.25) is 15.0 Å². The van der Waals surface area contributed by atoms with Gasteiger partial charge in [-0.25, -0.2) is 4.79 Å². The van der Waals surface area contributed by atoms with E-state index in [0.717, 1.165) is 6.42 Å². The molecule has 2 heterocycles. The number of rotatable bonds is 11. The van der Waals surface area contributed by atoms with Crippen molar-refractivity contribution in [3.05, 3.63) is 53.5 Å². The van der Waals surface area contributed by atoms with E-state index in [2.05, 4.69) is 29.5 Å². The molecule has 0 radical (unpaired) electrons. The Morgan fingerprint density at radius 3 is 2.62 bits per heavy atom. The molecule has 0 aliphatic carbocycles. The maximum Gasteiger partial charge on any atom is 0.335 e. The molecule has 0 atom stereocenters. The SMILES string of the molecule is CC(C)CCn1cc(NC(=O)c2cc3cc(C(=O)O)ccc3[nH]2)cc1C(=O)NCCCC(=N)N. The summed E-state index contributed by atoms with van der Waals surface area (Å²) in [6.45, 7) is 5.20. The van der Waals surface area contributed by atoms with E-state index in [1.54, 1.807) is 24.4 Å². The number of fused-ring (bicyclic) bond motifs is 1. The minimum absolute atomic E-state index is 0.0794. The quantitative estimate of drug-likeness (QED) is 0.144. The number of nitrogens with two attached hydrogens (primary N) is 1. The fourth-order valence-corrected chi connectivity index (χ4v) is 3.51. The summed E-state index contributed by atoms with van der Waals surface area (Å²) in [7, 11) is 0. The van der Waals surface area contributed by atoms with E-state index < -0.39 is 11.9 Å². The summed E-state index contributed by atoms with van der Waals surface area (Å²) in [6, 6.07) is 7.81. The first-order valence-electron chi connectivity index (χ1n) is 11.1. The molecule has 180 valence electrons. The number of carbonyl (C=O) groups excluding carboxylic acids is 2. The third-order valence-corrected chi connectivity index (χ3v) is 5.36. The number of aryl methyl sites for hydroxylation is 1. The van der Waals surface area contributed by atoms with Crippen molar-refractivity contribution >= 4 is 40.2 Å². The number of aromatic amines is 1. The fourth-order valence-electron chi connectivity index (χ4n) is 3.51. The molecule has 0 bridgehead atoms. The van der Waals surface area contributed by atoms with Gasteiger partial charge in [-0.1, -0.05) is 13.8 Å². The lowest BCUT2D eigenvalue weighted by Gasteiger charge is -2.11. The lowest BCUT2D eigenvalue weighted by atomic mass is 10.1. The first-order chi connectivity index (χ1) is 16.1. The van der Waals surface area contributed by atoms with Crippen LogP contribution in [0, 0.1) is 11.3 Å². The van der Waals surface area contributed by atoms with E-state index >= 15 is 0 Å².